The van der Waals surface area contributed by atoms with Gasteiger partial charge in [-0.1, -0.05) is 13.8 Å². The van der Waals surface area contributed by atoms with Gasteiger partial charge in [-0.2, -0.15) is 0 Å². The third kappa shape index (κ3) is 1.84. The van der Waals surface area contributed by atoms with E-state index in [2.05, 4.69) is 6.92 Å². The van der Waals surface area contributed by atoms with Crippen molar-refractivity contribution in [1.29, 1.82) is 10.8 Å². The molecule has 3 fully saturated rings. The minimum Gasteiger partial charge on any atom is -0.305 e. The van der Waals surface area contributed by atoms with Gasteiger partial charge in [0.25, 0.3) is 0 Å². The van der Waals surface area contributed by atoms with E-state index in [1.807, 2.05) is 13.0 Å². The molecule has 4 aliphatic carbocycles. The van der Waals surface area contributed by atoms with E-state index in [0.29, 0.717) is 30.2 Å². The van der Waals surface area contributed by atoms with Gasteiger partial charge in [-0.3, -0.25) is 4.79 Å². The fourth-order valence-corrected chi connectivity index (χ4v) is 6.21. The Balaban J connectivity index is 1.76. The van der Waals surface area contributed by atoms with Crippen LogP contribution < -0.4 is 0 Å². The summed E-state index contributed by atoms with van der Waals surface area (Å²) in [6.07, 6.45) is 5.03. The molecule has 3 nitrogen and oxygen atoms in total. The quantitative estimate of drug-likeness (QED) is 0.694. The molecule has 0 spiro atoms. The highest BCUT2D eigenvalue weighted by molar-refractivity contribution is 6.08. The Morgan fingerprint density at radius 3 is 2.65 bits per heavy atom. The van der Waals surface area contributed by atoms with E-state index in [-0.39, 0.29) is 23.0 Å². The van der Waals surface area contributed by atoms with Crippen molar-refractivity contribution in [3.63, 3.8) is 0 Å². The number of rotatable bonds is 0. The Kier molecular flexibility index (Phi) is 3.05. The Bertz CT molecular complexity index is 654. The third-order valence-corrected chi connectivity index (χ3v) is 7.57. The molecule has 4 aliphatic rings. The van der Waals surface area contributed by atoms with Gasteiger partial charge < -0.3 is 10.8 Å². The summed E-state index contributed by atoms with van der Waals surface area (Å²) in [5.41, 5.74) is 1.71. The molecule has 0 aromatic heterocycles. The van der Waals surface area contributed by atoms with Gasteiger partial charge >= 0.3 is 0 Å². The summed E-state index contributed by atoms with van der Waals surface area (Å²) in [4.78, 5) is 12.4. The Hall–Kier alpha value is -1.32. The largest absolute Gasteiger partial charge is 0.305 e. The summed E-state index contributed by atoms with van der Waals surface area (Å²) < 4.78 is 14.2. The molecule has 124 valence electrons. The third-order valence-electron chi connectivity index (χ3n) is 7.57. The molecule has 4 unspecified atom stereocenters. The number of nitrogens with one attached hydrogen (secondary N) is 2. The van der Waals surface area contributed by atoms with Crippen molar-refractivity contribution in [3.8, 4) is 0 Å². The van der Waals surface area contributed by atoms with Gasteiger partial charge in [0.15, 0.2) is 12.0 Å². The maximum atomic E-state index is 14.2. The lowest BCUT2D eigenvalue weighted by atomic mass is 9.47. The van der Waals surface area contributed by atoms with Crippen LogP contribution in [-0.4, -0.2) is 23.4 Å². The molecule has 4 heteroatoms. The number of fused-ring (bicyclic) bond motifs is 5. The fourth-order valence-electron chi connectivity index (χ4n) is 6.21. The molecule has 0 amide bonds. The number of hydrogen-bond donors (Lipinski definition) is 2. The van der Waals surface area contributed by atoms with Gasteiger partial charge in [-0.05, 0) is 73.3 Å². The highest BCUT2D eigenvalue weighted by Crippen LogP contribution is 2.63. The first-order valence-electron chi connectivity index (χ1n) is 8.83. The zero-order valence-corrected chi connectivity index (χ0v) is 13.9. The summed E-state index contributed by atoms with van der Waals surface area (Å²) in [5, 5.41) is 16.5. The summed E-state index contributed by atoms with van der Waals surface area (Å²) in [6, 6.07) is 0. The van der Waals surface area contributed by atoms with Crippen molar-refractivity contribution in [3.05, 3.63) is 11.6 Å². The molecule has 6 atom stereocenters. The minimum atomic E-state index is -1.30. The van der Waals surface area contributed by atoms with Gasteiger partial charge in [-0.25, -0.2) is 4.39 Å². The number of alkyl halides is 1. The maximum Gasteiger partial charge on any atom is 0.173 e. The molecule has 0 aliphatic heterocycles. The molecule has 0 saturated heterocycles. The van der Waals surface area contributed by atoms with E-state index in [1.54, 1.807) is 0 Å². The van der Waals surface area contributed by atoms with Gasteiger partial charge in [0.05, 0.1) is 0 Å². The van der Waals surface area contributed by atoms with Crippen molar-refractivity contribution in [2.75, 3.05) is 0 Å². The van der Waals surface area contributed by atoms with Crippen LogP contribution in [0.5, 0.6) is 0 Å². The average Bonchev–Trinajstić information content (AvgIpc) is 2.73. The highest BCUT2D eigenvalue weighted by Gasteiger charge is 2.62. The molecule has 23 heavy (non-hydrogen) atoms. The second-order valence-corrected chi connectivity index (χ2v) is 8.58. The summed E-state index contributed by atoms with van der Waals surface area (Å²) in [7, 11) is 0. The van der Waals surface area contributed by atoms with Crippen molar-refractivity contribution >= 4 is 17.2 Å². The number of carbonyl (C=O) groups excluding carboxylic acids is 1. The molecule has 2 N–H and O–H groups in total. The molecule has 4 rings (SSSR count). The van der Waals surface area contributed by atoms with Crippen LogP contribution in [-0.2, 0) is 4.79 Å². The molecule has 0 heterocycles. The lowest BCUT2D eigenvalue weighted by molar-refractivity contribution is -0.134. The number of hydrogen-bond acceptors (Lipinski definition) is 3. The molecule has 0 bridgehead atoms. The predicted molar refractivity (Wildman–Crippen MR) is 87.8 cm³/mol. The summed E-state index contributed by atoms with van der Waals surface area (Å²) in [6.45, 7) is 4.20. The topological polar surface area (TPSA) is 64.8 Å². The zero-order chi connectivity index (χ0) is 16.6. The first-order chi connectivity index (χ1) is 10.8. The fraction of sp³-hybridized carbons (Fsp3) is 0.737. The van der Waals surface area contributed by atoms with Crippen LogP contribution in [0.2, 0.25) is 0 Å². The molecule has 0 aromatic carbocycles. The summed E-state index contributed by atoms with van der Waals surface area (Å²) in [5.74, 6) is 0.570. The predicted octanol–water partition coefficient (Wildman–Crippen LogP) is 4.12. The van der Waals surface area contributed by atoms with Crippen molar-refractivity contribution in [2.45, 2.75) is 58.5 Å². The van der Waals surface area contributed by atoms with Gasteiger partial charge in [0, 0.05) is 16.8 Å². The Morgan fingerprint density at radius 1 is 1.17 bits per heavy atom. The lowest BCUT2D eigenvalue weighted by Crippen LogP contribution is -2.52. The minimum absolute atomic E-state index is 0.0661. The number of allylic oxidation sites excluding steroid dienone is 2. The van der Waals surface area contributed by atoms with Crippen molar-refractivity contribution in [1.82, 2.24) is 0 Å². The number of Topliss-reactive ketones (excluding diaryl/α,β-unsaturated/α-hetero) is 1. The smallest absolute Gasteiger partial charge is 0.173 e. The number of ketones is 1. The van der Waals surface area contributed by atoms with Gasteiger partial charge in [-0.15, -0.1) is 0 Å². The van der Waals surface area contributed by atoms with Crippen LogP contribution >= 0.6 is 0 Å². The maximum absolute atomic E-state index is 14.2. The van der Waals surface area contributed by atoms with E-state index in [4.69, 9.17) is 10.8 Å². The Labute approximate surface area is 136 Å². The highest BCUT2D eigenvalue weighted by atomic mass is 19.1. The summed E-state index contributed by atoms with van der Waals surface area (Å²) >= 11 is 0. The molecular formula is C19H25FN2O. The lowest BCUT2D eigenvalue weighted by Gasteiger charge is -2.56. The average molecular weight is 316 g/mol. The second-order valence-electron chi connectivity index (χ2n) is 8.58. The van der Waals surface area contributed by atoms with E-state index in [0.717, 1.165) is 31.3 Å². The van der Waals surface area contributed by atoms with E-state index in [1.165, 1.54) is 0 Å². The monoisotopic (exact) mass is 316 g/mol. The normalized spacial score (nSPS) is 49.3. The van der Waals surface area contributed by atoms with E-state index in [9.17, 15) is 9.18 Å². The molecular weight excluding hydrogens is 291 g/mol. The van der Waals surface area contributed by atoms with Crippen LogP contribution in [0.1, 0.15) is 52.4 Å². The molecule has 0 aromatic rings. The van der Waals surface area contributed by atoms with Crippen LogP contribution in [0.15, 0.2) is 11.6 Å². The van der Waals surface area contributed by atoms with Crippen molar-refractivity contribution < 1.29 is 9.18 Å². The number of carbonyl (C=O) groups is 1. The Morgan fingerprint density at radius 2 is 1.91 bits per heavy atom. The molecule has 3 saturated carbocycles. The van der Waals surface area contributed by atoms with Crippen LogP contribution in [0.3, 0.4) is 0 Å². The first-order valence-corrected chi connectivity index (χ1v) is 8.83. The second kappa shape index (κ2) is 4.61. The number of halogens is 1. The SMILES string of the molecule is C[C@]12CCC(=N)C=C1C(=N)CC1C2CC[C@]2(C)C(=O)C(F)CC12. The van der Waals surface area contributed by atoms with Gasteiger partial charge in [0.1, 0.15) is 0 Å². The standard InChI is InChI=1S/C19H25FN2O/c1-18-5-3-10(21)7-14(18)16(22)8-11-12(18)4-6-19(2)13(11)9-15(20)17(19)23/h7,11-13,15,21-22H,3-6,8-9H2,1-2H3/t11?,12?,13?,15?,18-,19+/m1/s1. The van der Waals surface area contributed by atoms with E-state index < -0.39 is 11.6 Å². The molecule has 0 radical (unpaired) electrons. The zero-order valence-electron chi connectivity index (χ0n) is 13.9. The van der Waals surface area contributed by atoms with Crippen LogP contribution in [0.25, 0.3) is 0 Å². The van der Waals surface area contributed by atoms with E-state index >= 15 is 0 Å². The first kappa shape index (κ1) is 15.2. The van der Waals surface area contributed by atoms with Gasteiger partial charge in [0.2, 0.25) is 0 Å². The van der Waals surface area contributed by atoms with Crippen LogP contribution in [0.4, 0.5) is 4.39 Å². The van der Waals surface area contributed by atoms with Crippen molar-refractivity contribution in [2.24, 2.45) is 28.6 Å². The van der Waals surface area contributed by atoms with Crippen LogP contribution in [0, 0.1) is 39.4 Å².